The molecule has 4 saturated carbocycles. The smallest absolute Gasteiger partial charge is 0.389 e. The second kappa shape index (κ2) is 6.39. The van der Waals surface area contributed by atoms with Gasteiger partial charge in [0.2, 0.25) is 0 Å². The lowest BCUT2D eigenvalue weighted by Crippen LogP contribution is -2.53. The van der Waals surface area contributed by atoms with E-state index in [2.05, 4.69) is 13.8 Å². The van der Waals surface area contributed by atoms with E-state index >= 15 is 0 Å². The van der Waals surface area contributed by atoms with Crippen LogP contribution in [0.3, 0.4) is 0 Å². The number of hydrogen-bond acceptors (Lipinski definition) is 1. The summed E-state index contributed by atoms with van der Waals surface area (Å²) in [4.78, 5) is 0. The number of fused-ring (bicyclic) bond motifs is 5. The molecule has 4 aliphatic rings. The largest absolute Gasteiger partial charge is 0.393 e. The molecule has 1 N–H and O–H groups in total. The van der Waals surface area contributed by atoms with E-state index < -0.39 is 12.6 Å². The van der Waals surface area contributed by atoms with E-state index in [-0.39, 0.29) is 17.4 Å². The monoisotopic (exact) mass is 372 g/mol. The van der Waals surface area contributed by atoms with Gasteiger partial charge in [-0.25, -0.2) is 0 Å². The van der Waals surface area contributed by atoms with Gasteiger partial charge in [0, 0.05) is 6.42 Å². The molecule has 5 unspecified atom stereocenters. The minimum Gasteiger partial charge on any atom is -0.393 e. The Morgan fingerprint density at radius 3 is 2.31 bits per heavy atom. The van der Waals surface area contributed by atoms with Crippen molar-refractivity contribution in [2.24, 2.45) is 40.4 Å². The summed E-state index contributed by atoms with van der Waals surface area (Å²) in [6.45, 7) is 4.79. The Bertz CT molecular complexity index is 532. The molecule has 1 nitrogen and oxygen atoms in total. The second-order valence-electron chi connectivity index (χ2n) is 10.6. The molecule has 150 valence electrons. The summed E-state index contributed by atoms with van der Waals surface area (Å²) in [5.41, 5.74) is 0.483. The Hall–Kier alpha value is -0.250. The van der Waals surface area contributed by atoms with Gasteiger partial charge in [0.1, 0.15) is 0 Å². The quantitative estimate of drug-likeness (QED) is 0.599. The molecule has 0 aromatic rings. The van der Waals surface area contributed by atoms with E-state index in [0.29, 0.717) is 29.6 Å². The van der Waals surface area contributed by atoms with Crippen LogP contribution in [0.5, 0.6) is 0 Å². The molecule has 4 rings (SSSR count). The van der Waals surface area contributed by atoms with Crippen molar-refractivity contribution in [3.05, 3.63) is 0 Å². The molecule has 0 aromatic heterocycles. The van der Waals surface area contributed by atoms with Crippen LogP contribution in [0.2, 0.25) is 0 Å². The van der Waals surface area contributed by atoms with Gasteiger partial charge in [-0.3, -0.25) is 0 Å². The van der Waals surface area contributed by atoms with Gasteiger partial charge in [0.15, 0.2) is 0 Å². The minimum atomic E-state index is -4.01. The predicted octanol–water partition coefficient (Wildman–Crippen LogP) is 6.35. The van der Waals surface area contributed by atoms with Crippen LogP contribution in [0.25, 0.3) is 0 Å². The molecule has 26 heavy (non-hydrogen) atoms. The van der Waals surface area contributed by atoms with Crippen LogP contribution in [-0.4, -0.2) is 17.4 Å². The minimum absolute atomic E-state index is 0.114. The summed E-state index contributed by atoms with van der Waals surface area (Å²) >= 11 is 0. The first kappa shape index (κ1) is 19.1. The van der Waals surface area contributed by atoms with E-state index in [0.717, 1.165) is 44.4 Å². The van der Waals surface area contributed by atoms with E-state index in [9.17, 15) is 18.3 Å². The Morgan fingerprint density at radius 2 is 1.58 bits per heavy atom. The Kier molecular flexibility index (Phi) is 4.69. The van der Waals surface area contributed by atoms with Gasteiger partial charge in [-0.2, -0.15) is 13.2 Å². The maximum Gasteiger partial charge on any atom is 0.389 e. The number of hydrogen-bond donors (Lipinski definition) is 1. The Morgan fingerprint density at radius 1 is 0.885 bits per heavy atom. The average Bonchev–Trinajstić information content (AvgIpc) is 2.89. The average molecular weight is 373 g/mol. The summed E-state index contributed by atoms with van der Waals surface area (Å²) in [5.74, 6) is 2.98. The van der Waals surface area contributed by atoms with Crippen LogP contribution < -0.4 is 0 Å². The zero-order chi connectivity index (χ0) is 18.7. The summed E-state index contributed by atoms with van der Waals surface area (Å²) in [6.07, 6.45) is 5.56. The fourth-order valence-electron chi connectivity index (χ4n) is 8.16. The van der Waals surface area contributed by atoms with Gasteiger partial charge in [-0.1, -0.05) is 13.8 Å². The molecule has 0 bridgehead atoms. The van der Waals surface area contributed by atoms with Crippen molar-refractivity contribution in [1.82, 2.24) is 0 Å². The molecule has 4 aliphatic carbocycles. The van der Waals surface area contributed by atoms with E-state index in [1.165, 1.54) is 19.3 Å². The lowest BCUT2D eigenvalue weighted by molar-refractivity contribution is -0.146. The molecular formula is C22H35F3O. The van der Waals surface area contributed by atoms with Crippen molar-refractivity contribution in [2.75, 3.05) is 0 Å². The summed E-state index contributed by atoms with van der Waals surface area (Å²) in [7, 11) is 0. The van der Waals surface area contributed by atoms with Crippen molar-refractivity contribution >= 4 is 0 Å². The van der Waals surface area contributed by atoms with Gasteiger partial charge in [-0.15, -0.1) is 0 Å². The standard InChI is InChI=1S/C22H35F3O/c1-20-11-9-19-17(5-3-15-13-16(26)8-10-21(15,19)2)18(20)6-4-14(20)7-12-22(23,24)25/h14-19,26H,3-13H2,1-2H3/t14?,15?,16-,17-,18?,19?,20?,21-/m0/s1. The number of rotatable bonds is 2. The molecular weight excluding hydrogens is 337 g/mol. The SMILES string of the molecule is CC12CCC3[C@@H](CCC4C[C@@H](O)CC[C@@]43C)C1CCC2CCC(F)(F)F. The summed E-state index contributed by atoms with van der Waals surface area (Å²) in [6, 6.07) is 0. The van der Waals surface area contributed by atoms with Gasteiger partial charge in [0.25, 0.3) is 0 Å². The van der Waals surface area contributed by atoms with Crippen molar-refractivity contribution < 1.29 is 18.3 Å². The third-order valence-corrected chi connectivity index (χ3v) is 9.61. The molecule has 0 spiro atoms. The number of aliphatic hydroxyl groups excluding tert-OH is 1. The predicted molar refractivity (Wildman–Crippen MR) is 96.5 cm³/mol. The normalized spacial score (nSPS) is 51.5. The first-order valence-electron chi connectivity index (χ1n) is 10.9. The number of halogens is 3. The molecule has 0 radical (unpaired) electrons. The molecule has 0 aromatic carbocycles. The highest BCUT2D eigenvalue weighted by Crippen LogP contribution is 2.68. The zero-order valence-corrected chi connectivity index (χ0v) is 16.3. The third-order valence-electron chi connectivity index (χ3n) is 9.61. The highest BCUT2D eigenvalue weighted by atomic mass is 19.4. The van der Waals surface area contributed by atoms with Gasteiger partial charge in [0.05, 0.1) is 6.10 Å². The zero-order valence-electron chi connectivity index (χ0n) is 16.3. The van der Waals surface area contributed by atoms with Gasteiger partial charge in [-0.05, 0) is 105 Å². The molecule has 0 saturated heterocycles. The Balaban J connectivity index is 1.51. The molecule has 0 heterocycles. The summed E-state index contributed by atoms with van der Waals surface area (Å²) in [5, 5.41) is 10.1. The molecule has 8 atom stereocenters. The van der Waals surface area contributed by atoms with Crippen LogP contribution in [0.1, 0.15) is 84.5 Å². The van der Waals surface area contributed by atoms with Crippen LogP contribution in [0, 0.1) is 40.4 Å². The van der Waals surface area contributed by atoms with Gasteiger partial charge >= 0.3 is 6.18 Å². The number of alkyl halides is 3. The van der Waals surface area contributed by atoms with Crippen molar-refractivity contribution in [2.45, 2.75) is 96.8 Å². The van der Waals surface area contributed by atoms with Crippen molar-refractivity contribution in [1.29, 1.82) is 0 Å². The van der Waals surface area contributed by atoms with Crippen molar-refractivity contribution in [3.63, 3.8) is 0 Å². The maximum atomic E-state index is 12.8. The van der Waals surface area contributed by atoms with E-state index in [1.807, 2.05) is 0 Å². The first-order valence-corrected chi connectivity index (χ1v) is 10.9. The van der Waals surface area contributed by atoms with E-state index in [1.54, 1.807) is 0 Å². The summed E-state index contributed by atoms with van der Waals surface area (Å²) < 4.78 is 38.3. The fourth-order valence-corrected chi connectivity index (χ4v) is 8.16. The highest BCUT2D eigenvalue weighted by Gasteiger charge is 2.60. The van der Waals surface area contributed by atoms with Crippen LogP contribution in [0.15, 0.2) is 0 Å². The number of aliphatic hydroxyl groups is 1. The topological polar surface area (TPSA) is 20.2 Å². The van der Waals surface area contributed by atoms with E-state index in [4.69, 9.17) is 0 Å². The fraction of sp³-hybridized carbons (Fsp3) is 1.00. The van der Waals surface area contributed by atoms with Crippen LogP contribution >= 0.6 is 0 Å². The third kappa shape index (κ3) is 3.02. The second-order valence-corrected chi connectivity index (χ2v) is 10.6. The maximum absolute atomic E-state index is 12.8. The molecule has 4 fully saturated rings. The van der Waals surface area contributed by atoms with Gasteiger partial charge < -0.3 is 5.11 Å². The lowest BCUT2D eigenvalue weighted by atomic mass is 9.44. The van der Waals surface area contributed by atoms with Crippen LogP contribution in [-0.2, 0) is 0 Å². The molecule has 0 amide bonds. The van der Waals surface area contributed by atoms with Crippen molar-refractivity contribution in [3.8, 4) is 0 Å². The first-order chi connectivity index (χ1) is 12.1. The highest BCUT2D eigenvalue weighted by molar-refractivity contribution is 5.09. The molecule has 0 aliphatic heterocycles. The Labute approximate surface area is 156 Å². The lowest BCUT2D eigenvalue weighted by Gasteiger charge is -2.61. The van der Waals surface area contributed by atoms with Crippen LogP contribution in [0.4, 0.5) is 13.2 Å². The molecule has 4 heteroatoms.